The SMILES string of the molecule is O=C(Cn1ccnn1)NC[C@H]1CCCN(C2CCCCC2)C1. The van der Waals surface area contributed by atoms with Crippen LogP contribution < -0.4 is 5.32 Å². The van der Waals surface area contributed by atoms with Crippen LogP contribution in [0.3, 0.4) is 0 Å². The summed E-state index contributed by atoms with van der Waals surface area (Å²) in [7, 11) is 0. The van der Waals surface area contributed by atoms with Gasteiger partial charge >= 0.3 is 0 Å². The van der Waals surface area contributed by atoms with Gasteiger partial charge in [0.15, 0.2) is 0 Å². The minimum Gasteiger partial charge on any atom is -0.354 e. The third kappa shape index (κ3) is 4.29. The van der Waals surface area contributed by atoms with E-state index in [0.717, 1.165) is 19.1 Å². The lowest BCUT2D eigenvalue weighted by molar-refractivity contribution is -0.122. The normalized spacial score (nSPS) is 24.3. The summed E-state index contributed by atoms with van der Waals surface area (Å²) in [5, 5.41) is 10.6. The minimum atomic E-state index is 0.0280. The monoisotopic (exact) mass is 305 g/mol. The van der Waals surface area contributed by atoms with Gasteiger partial charge in [0.25, 0.3) is 0 Å². The van der Waals surface area contributed by atoms with Crippen molar-refractivity contribution in [2.45, 2.75) is 57.5 Å². The molecule has 6 heteroatoms. The highest BCUT2D eigenvalue weighted by molar-refractivity contribution is 5.75. The van der Waals surface area contributed by atoms with Gasteiger partial charge in [-0.3, -0.25) is 4.79 Å². The van der Waals surface area contributed by atoms with Crippen molar-refractivity contribution in [2.24, 2.45) is 5.92 Å². The molecule has 2 aliphatic rings. The second kappa shape index (κ2) is 7.72. The first-order valence-electron chi connectivity index (χ1n) is 8.66. The van der Waals surface area contributed by atoms with E-state index in [1.165, 1.54) is 51.5 Å². The number of carbonyl (C=O) groups is 1. The van der Waals surface area contributed by atoms with Gasteiger partial charge in [-0.2, -0.15) is 0 Å². The second-order valence-corrected chi connectivity index (χ2v) is 6.70. The van der Waals surface area contributed by atoms with Gasteiger partial charge in [0.2, 0.25) is 5.91 Å². The van der Waals surface area contributed by atoms with Crippen LogP contribution in [-0.2, 0) is 11.3 Å². The van der Waals surface area contributed by atoms with E-state index >= 15 is 0 Å². The van der Waals surface area contributed by atoms with Crippen molar-refractivity contribution in [2.75, 3.05) is 19.6 Å². The van der Waals surface area contributed by atoms with Gasteiger partial charge in [-0.15, -0.1) is 5.10 Å². The molecule has 1 atom stereocenters. The van der Waals surface area contributed by atoms with Gasteiger partial charge in [-0.25, -0.2) is 4.68 Å². The zero-order chi connectivity index (χ0) is 15.2. The van der Waals surface area contributed by atoms with E-state index in [4.69, 9.17) is 0 Å². The Bertz CT molecular complexity index is 455. The van der Waals surface area contributed by atoms with Crippen molar-refractivity contribution in [3.05, 3.63) is 12.4 Å². The molecule has 1 saturated carbocycles. The third-order valence-electron chi connectivity index (χ3n) is 5.01. The number of rotatable bonds is 5. The van der Waals surface area contributed by atoms with Crippen LogP contribution in [-0.4, -0.2) is 51.5 Å². The molecule has 0 aromatic carbocycles. The van der Waals surface area contributed by atoms with Crippen molar-refractivity contribution < 1.29 is 4.79 Å². The largest absolute Gasteiger partial charge is 0.354 e. The average molecular weight is 305 g/mol. The number of nitrogens with one attached hydrogen (secondary N) is 1. The quantitative estimate of drug-likeness (QED) is 0.894. The van der Waals surface area contributed by atoms with Crippen LogP contribution in [0.1, 0.15) is 44.9 Å². The molecule has 0 radical (unpaired) electrons. The van der Waals surface area contributed by atoms with Gasteiger partial charge in [-0.05, 0) is 38.1 Å². The van der Waals surface area contributed by atoms with E-state index in [1.807, 2.05) is 0 Å². The summed E-state index contributed by atoms with van der Waals surface area (Å²) in [4.78, 5) is 14.6. The highest BCUT2D eigenvalue weighted by Gasteiger charge is 2.27. The number of hydrogen-bond acceptors (Lipinski definition) is 4. The maximum Gasteiger partial charge on any atom is 0.241 e. The predicted molar refractivity (Wildman–Crippen MR) is 84.2 cm³/mol. The van der Waals surface area contributed by atoms with Crippen LogP contribution in [0.5, 0.6) is 0 Å². The maximum absolute atomic E-state index is 11.9. The highest BCUT2D eigenvalue weighted by Crippen LogP contribution is 2.26. The molecule has 0 spiro atoms. The number of nitrogens with zero attached hydrogens (tertiary/aromatic N) is 4. The zero-order valence-corrected chi connectivity index (χ0v) is 13.3. The molecule has 1 aromatic heterocycles. The Morgan fingerprint density at radius 1 is 1.18 bits per heavy atom. The Kier molecular flexibility index (Phi) is 5.43. The molecular formula is C16H27N5O. The lowest BCUT2D eigenvalue weighted by Crippen LogP contribution is -2.46. The second-order valence-electron chi connectivity index (χ2n) is 6.70. The molecule has 0 unspecified atom stereocenters. The van der Waals surface area contributed by atoms with E-state index in [-0.39, 0.29) is 12.5 Å². The summed E-state index contributed by atoms with van der Waals surface area (Å²) in [5.74, 6) is 0.621. The highest BCUT2D eigenvalue weighted by atomic mass is 16.2. The van der Waals surface area contributed by atoms with Crippen LogP contribution in [0.4, 0.5) is 0 Å². The first kappa shape index (κ1) is 15.5. The molecular weight excluding hydrogens is 278 g/mol. The topological polar surface area (TPSA) is 63.1 Å². The minimum absolute atomic E-state index is 0.0280. The smallest absolute Gasteiger partial charge is 0.241 e. The number of hydrogen-bond donors (Lipinski definition) is 1. The zero-order valence-electron chi connectivity index (χ0n) is 13.3. The lowest BCUT2D eigenvalue weighted by Gasteiger charge is -2.40. The van der Waals surface area contributed by atoms with Gasteiger partial charge in [0.05, 0.1) is 6.20 Å². The summed E-state index contributed by atoms with van der Waals surface area (Å²) < 4.78 is 1.56. The van der Waals surface area contributed by atoms with Crippen molar-refractivity contribution in [1.29, 1.82) is 0 Å². The first-order chi connectivity index (χ1) is 10.8. The summed E-state index contributed by atoms with van der Waals surface area (Å²) in [5.41, 5.74) is 0. The molecule has 1 aliphatic carbocycles. The fraction of sp³-hybridized carbons (Fsp3) is 0.812. The molecule has 122 valence electrons. The summed E-state index contributed by atoms with van der Waals surface area (Å²) in [6, 6.07) is 0.794. The Balaban J connectivity index is 1.41. The van der Waals surface area contributed by atoms with Gasteiger partial charge in [-0.1, -0.05) is 24.5 Å². The van der Waals surface area contributed by atoms with Gasteiger partial charge in [0.1, 0.15) is 6.54 Å². The molecule has 2 fully saturated rings. The molecule has 1 amide bonds. The van der Waals surface area contributed by atoms with E-state index < -0.39 is 0 Å². The van der Waals surface area contributed by atoms with Crippen LogP contribution in [0.2, 0.25) is 0 Å². The van der Waals surface area contributed by atoms with E-state index in [0.29, 0.717) is 5.92 Å². The van der Waals surface area contributed by atoms with E-state index in [1.54, 1.807) is 17.1 Å². The molecule has 3 rings (SSSR count). The molecule has 0 bridgehead atoms. The number of aromatic nitrogens is 3. The van der Waals surface area contributed by atoms with Crippen molar-refractivity contribution in [1.82, 2.24) is 25.2 Å². The molecule has 1 N–H and O–H groups in total. The fourth-order valence-corrected chi connectivity index (χ4v) is 3.82. The first-order valence-corrected chi connectivity index (χ1v) is 8.66. The molecule has 2 heterocycles. The number of amides is 1. The molecule has 6 nitrogen and oxygen atoms in total. The Morgan fingerprint density at radius 2 is 2.05 bits per heavy atom. The molecule has 1 aliphatic heterocycles. The van der Waals surface area contributed by atoms with Crippen molar-refractivity contribution in [3.63, 3.8) is 0 Å². The van der Waals surface area contributed by atoms with Gasteiger partial charge < -0.3 is 10.2 Å². The third-order valence-corrected chi connectivity index (χ3v) is 5.01. The number of likely N-dealkylation sites (tertiary alicyclic amines) is 1. The standard InChI is InChI=1S/C16H27N5O/c22-16(13-21-10-8-18-19-21)17-11-14-5-4-9-20(12-14)15-6-2-1-3-7-15/h8,10,14-15H,1-7,9,11-13H2,(H,17,22)/t14-/m1/s1. The van der Waals surface area contributed by atoms with Crippen molar-refractivity contribution >= 4 is 5.91 Å². The Morgan fingerprint density at radius 3 is 2.82 bits per heavy atom. The van der Waals surface area contributed by atoms with Crippen LogP contribution >= 0.6 is 0 Å². The van der Waals surface area contributed by atoms with Gasteiger partial charge in [0, 0.05) is 25.3 Å². The molecule has 22 heavy (non-hydrogen) atoms. The fourth-order valence-electron chi connectivity index (χ4n) is 3.82. The molecule has 1 aromatic rings. The van der Waals surface area contributed by atoms with E-state index in [9.17, 15) is 4.79 Å². The summed E-state index contributed by atoms with van der Waals surface area (Å²) >= 11 is 0. The Labute approximate surface area is 132 Å². The number of carbonyl (C=O) groups excluding carboxylic acids is 1. The van der Waals surface area contributed by atoms with E-state index in [2.05, 4.69) is 20.5 Å². The maximum atomic E-state index is 11.9. The van der Waals surface area contributed by atoms with Crippen molar-refractivity contribution in [3.8, 4) is 0 Å². The summed E-state index contributed by atoms with van der Waals surface area (Å²) in [6.45, 7) is 3.44. The van der Waals surface area contributed by atoms with Crippen LogP contribution in [0.15, 0.2) is 12.4 Å². The Hall–Kier alpha value is -1.43. The summed E-state index contributed by atoms with van der Waals surface area (Å²) in [6.07, 6.45) is 12.7. The van der Waals surface area contributed by atoms with Crippen LogP contribution in [0, 0.1) is 5.92 Å². The average Bonchev–Trinajstić information content (AvgIpc) is 3.07. The molecule has 1 saturated heterocycles. The number of piperidine rings is 1. The lowest BCUT2D eigenvalue weighted by atomic mass is 9.90. The predicted octanol–water partition coefficient (Wildman–Crippen LogP) is 1.44. The van der Waals surface area contributed by atoms with Crippen LogP contribution in [0.25, 0.3) is 0 Å².